The quantitative estimate of drug-likeness (QED) is 0.249. The van der Waals surface area contributed by atoms with Gasteiger partial charge in [-0.15, -0.1) is 0 Å². The van der Waals surface area contributed by atoms with Gasteiger partial charge in [0.05, 0.1) is 27.7 Å². The lowest BCUT2D eigenvalue weighted by molar-refractivity contribution is -0.870. The van der Waals surface area contributed by atoms with Gasteiger partial charge in [0.15, 0.2) is 0 Å². The molecular weight excluding hydrogens is 307 g/mol. The standard InChI is InChI=1S/C14H29N2O5P/c1-13(2)14(17)15-9-7-6-8-11-20-22(18,19)21-12-10-16(3,4)5/h1,6-12H2,2-5H3,(H-,15,17,18,19). The number of phosphoric acid groups is 1. The fraction of sp³-hybridized carbons (Fsp3) is 0.786. The van der Waals surface area contributed by atoms with Gasteiger partial charge in [0.2, 0.25) is 5.91 Å². The molecule has 0 rings (SSSR count). The van der Waals surface area contributed by atoms with Crippen molar-refractivity contribution in [2.24, 2.45) is 0 Å². The Morgan fingerprint density at radius 1 is 1.18 bits per heavy atom. The first-order chi connectivity index (χ1) is 10.0. The van der Waals surface area contributed by atoms with E-state index in [1.165, 1.54) is 0 Å². The van der Waals surface area contributed by atoms with Crippen molar-refractivity contribution in [3.05, 3.63) is 12.2 Å². The lowest BCUT2D eigenvalue weighted by Gasteiger charge is -2.27. The smallest absolute Gasteiger partial charge is 0.268 e. The van der Waals surface area contributed by atoms with Crippen molar-refractivity contribution < 1.29 is 27.8 Å². The van der Waals surface area contributed by atoms with Crippen molar-refractivity contribution in [1.29, 1.82) is 0 Å². The normalized spacial score (nSPS) is 14.4. The lowest BCUT2D eigenvalue weighted by atomic mass is 10.2. The van der Waals surface area contributed by atoms with Gasteiger partial charge in [-0.2, -0.15) is 0 Å². The molecule has 22 heavy (non-hydrogen) atoms. The molecule has 0 aromatic rings. The van der Waals surface area contributed by atoms with Gasteiger partial charge in [0.25, 0.3) is 7.82 Å². The Balaban J connectivity index is 3.63. The van der Waals surface area contributed by atoms with Crippen molar-refractivity contribution in [1.82, 2.24) is 5.32 Å². The van der Waals surface area contributed by atoms with Crippen LogP contribution in [0.2, 0.25) is 0 Å². The minimum atomic E-state index is -4.20. The van der Waals surface area contributed by atoms with E-state index in [1.807, 2.05) is 21.1 Å². The molecule has 0 bridgehead atoms. The largest absolute Gasteiger partial charge is 0.756 e. The third kappa shape index (κ3) is 13.0. The zero-order valence-electron chi connectivity index (χ0n) is 14.1. The molecule has 0 aliphatic carbocycles. The van der Waals surface area contributed by atoms with Crippen molar-refractivity contribution in [2.75, 3.05) is 47.4 Å². The topological polar surface area (TPSA) is 87.7 Å². The number of likely N-dealkylation sites (N-methyl/N-ethyl adjacent to an activating group) is 1. The fourth-order valence-corrected chi connectivity index (χ4v) is 2.13. The number of nitrogens with zero attached hydrogens (tertiary/aromatic N) is 1. The van der Waals surface area contributed by atoms with Crippen LogP contribution in [0.15, 0.2) is 12.2 Å². The molecule has 0 aromatic heterocycles. The first-order valence-electron chi connectivity index (χ1n) is 7.38. The van der Waals surface area contributed by atoms with Crippen LogP contribution in [0.25, 0.3) is 0 Å². The fourth-order valence-electron chi connectivity index (χ4n) is 1.40. The lowest BCUT2D eigenvalue weighted by Crippen LogP contribution is -2.37. The molecular formula is C14H29N2O5P. The van der Waals surface area contributed by atoms with E-state index in [-0.39, 0.29) is 19.1 Å². The summed E-state index contributed by atoms with van der Waals surface area (Å²) in [6.07, 6.45) is 2.11. The van der Waals surface area contributed by atoms with Crippen molar-refractivity contribution in [2.45, 2.75) is 26.2 Å². The maximum atomic E-state index is 11.5. The van der Waals surface area contributed by atoms with Gasteiger partial charge in [-0.25, -0.2) is 0 Å². The minimum Gasteiger partial charge on any atom is -0.756 e. The molecule has 0 heterocycles. The van der Waals surface area contributed by atoms with Crippen LogP contribution in [0.1, 0.15) is 26.2 Å². The second kappa shape index (κ2) is 10.1. The summed E-state index contributed by atoms with van der Waals surface area (Å²) < 4.78 is 21.7. The third-order valence-corrected chi connectivity index (χ3v) is 3.75. The number of carbonyl (C=O) groups excluding carboxylic acids is 1. The van der Waals surface area contributed by atoms with Crippen LogP contribution in [-0.4, -0.2) is 57.8 Å². The number of hydrogen-bond donors (Lipinski definition) is 1. The summed E-state index contributed by atoms with van der Waals surface area (Å²) in [7, 11) is 1.65. The number of rotatable bonds is 12. The molecule has 8 heteroatoms. The van der Waals surface area contributed by atoms with Crippen LogP contribution in [0, 0.1) is 0 Å². The first kappa shape index (κ1) is 21.3. The van der Waals surface area contributed by atoms with Crippen LogP contribution in [0.4, 0.5) is 0 Å². The molecule has 0 saturated heterocycles. The Labute approximate surface area is 133 Å². The van der Waals surface area contributed by atoms with Crippen LogP contribution in [0.3, 0.4) is 0 Å². The van der Waals surface area contributed by atoms with Crippen molar-refractivity contribution >= 4 is 13.7 Å². The highest BCUT2D eigenvalue weighted by Crippen LogP contribution is 2.38. The molecule has 7 nitrogen and oxygen atoms in total. The van der Waals surface area contributed by atoms with E-state index < -0.39 is 7.82 Å². The van der Waals surface area contributed by atoms with E-state index in [0.717, 1.165) is 12.8 Å². The van der Waals surface area contributed by atoms with Gasteiger partial charge in [-0.3, -0.25) is 9.36 Å². The number of hydrogen-bond acceptors (Lipinski definition) is 5. The molecule has 0 aliphatic heterocycles. The number of nitrogens with one attached hydrogen (secondary N) is 1. The number of amides is 1. The maximum absolute atomic E-state index is 11.5. The van der Waals surface area contributed by atoms with E-state index in [1.54, 1.807) is 6.92 Å². The van der Waals surface area contributed by atoms with Gasteiger partial charge in [-0.1, -0.05) is 6.58 Å². The van der Waals surface area contributed by atoms with Crippen LogP contribution >= 0.6 is 7.82 Å². The van der Waals surface area contributed by atoms with E-state index in [2.05, 4.69) is 11.9 Å². The number of phosphoric ester groups is 1. The molecule has 1 N–H and O–H groups in total. The Hall–Kier alpha value is -0.720. The zero-order chi connectivity index (χ0) is 17.2. The first-order valence-corrected chi connectivity index (χ1v) is 8.84. The summed E-state index contributed by atoms with van der Waals surface area (Å²) in [6.45, 7) is 6.51. The minimum absolute atomic E-state index is 0.0968. The van der Waals surface area contributed by atoms with E-state index in [4.69, 9.17) is 9.05 Å². The summed E-state index contributed by atoms with van der Waals surface area (Å²) >= 11 is 0. The summed E-state index contributed by atoms with van der Waals surface area (Å²) in [5, 5.41) is 2.71. The number of carbonyl (C=O) groups is 1. The van der Waals surface area contributed by atoms with Gasteiger partial charge >= 0.3 is 0 Å². The second-order valence-corrected chi connectivity index (χ2v) is 7.64. The average molecular weight is 336 g/mol. The van der Waals surface area contributed by atoms with Gasteiger partial charge in [0.1, 0.15) is 13.2 Å². The zero-order valence-corrected chi connectivity index (χ0v) is 15.0. The molecule has 0 spiro atoms. The summed E-state index contributed by atoms with van der Waals surface area (Å²) in [5.74, 6) is -0.161. The SMILES string of the molecule is C=C(C)C(=O)NCCCCCOP(=O)([O-])OCC[N+](C)(C)C. The Morgan fingerprint density at radius 3 is 2.32 bits per heavy atom. The molecule has 1 atom stereocenters. The molecule has 130 valence electrons. The molecule has 1 unspecified atom stereocenters. The van der Waals surface area contributed by atoms with Crippen molar-refractivity contribution in [3.8, 4) is 0 Å². The van der Waals surface area contributed by atoms with E-state index in [0.29, 0.717) is 29.6 Å². The molecule has 1 amide bonds. The summed E-state index contributed by atoms with van der Waals surface area (Å²) in [6, 6.07) is 0. The van der Waals surface area contributed by atoms with Gasteiger partial charge in [0, 0.05) is 12.1 Å². The molecule has 0 saturated carbocycles. The highest BCUT2D eigenvalue weighted by Gasteiger charge is 2.12. The van der Waals surface area contributed by atoms with Crippen molar-refractivity contribution in [3.63, 3.8) is 0 Å². The highest BCUT2D eigenvalue weighted by molar-refractivity contribution is 7.45. The average Bonchev–Trinajstić information content (AvgIpc) is 2.35. The predicted octanol–water partition coefficient (Wildman–Crippen LogP) is 1.06. The van der Waals surface area contributed by atoms with Gasteiger partial charge in [-0.05, 0) is 26.2 Å². The second-order valence-electron chi connectivity index (χ2n) is 6.22. The van der Waals surface area contributed by atoms with E-state index >= 15 is 0 Å². The monoisotopic (exact) mass is 336 g/mol. The molecule has 0 aromatic carbocycles. The number of quaternary nitrogens is 1. The number of unbranched alkanes of at least 4 members (excludes halogenated alkanes) is 2. The van der Waals surface area contributed by atoms with E-state index in [9.17, 15) is 14.3 Å². The molecule has 0 aliphatic rings. The van der Waals surface area contributed by atoms with Crippen LogP contribution < -0.4 is 10.2 Å². The van der Waals surface area contributed by atoms with Crippen LogP contribution in [0.5, 0.6) is 0 Å². The Kier molecular flexibility index (Phi) is 9.80. The van der Waals surface area contributed by atoms with Gasteiger partial charge < -0.3 is 23.7 Å². The summed E-state index contributed by atoms with van der Waals surface area (Å²) in [4.78, 5) is 22.7. The molecule has 0 radical (unpaired) electrons. The predicted molar refractivity (Wildman–Crippen MR) is 84.1 cm³/mol. The maximum Gasteiger partial charge on any atom is 0.268 e. The third-order valence-electron chi connectivity index (χ3n) is 2.76. The Bertz CT molecular complexity index is 407. The highest BCUT2D eigenvalue weighted by atomic mass is 31.2. The Morgan fingerprint density at radius 2 is 1.77 bits per heavy atom. The molecule has 0 fully saturated rings. The summed E-state index contributed by atoms with van der Waals surface area (Å²) in [5.41, 5.74) is 0.474. The van der Waals surface area contributed by atoms with Crippen LogP contribution in [-0.2, 0) is 18.4 Å².